The number of nitrogens with zero attached hydrogens (tertiary/aromatic N) is 4. The van der Waals surface area contributed by atoms with Crippen LogP contribution in [0.5, 0.6) is 0 Å². The first-order chi connectivity index (χ1) is 17.2. The van der Waals surface area contributed by atoms with Gasteiger partial charge in [-0.25, -0.2) is 9.97 Å². The van der Waals surface area contributed by atoms with Crippen molar-refractivity contribution in [2.75, 3.05) is 30.3 Å². The maximum atomic E-state index is 11.9. The van der Waals surface area contributed by atoms with Gasteiger partial charge in [0.2, 0.25) is 11.9 Å². The van der Waals surface area contributed by atoms with Crippen LogP contribution in [0.2, 0.25) is 0 Å². The van der Waals surface area contributed by atoms with Crippen molar-refractivity contribution in [2.45, 2.75) is 13.0 Å². The molecule has 1 aliphatic heterocycles. The lowest BCUT2D eigenvalue weighted by atomic mass is 10.1. The first-order valence-corrected chi connectivity index (χ1v) is 11.4. The van der Waals surface area contributed by atoms with Crippen molar-refractivity contribution in [3.05, 3.63) is 78.9 Å². The Bertz CT molecular complexity index is 1370. The van der Waals surface area contributed by atoms with E-state index in [2.05, 4.69) is 30.9 Å². The lowest BCUT2D eigenvalue weighted by Gasteiger charge is -2.23. The molecule has 0 saturated carbocycles. The molecule has 9 heteroatoms. The number of nitrogens with one attached hydrogen (secondary N) is 3. The zero-order valence-electron chi connectivity index (χ0n) is 19.2. The zero-order valence-corrected chi connectivity index (χ0v) is 19.2. The van der Waals surface area contributed by atoms with Crippen LogP contribution in [0, 0.1) is 0 Å². The summed E-state index contributed by atoms with van der Waals surface area (Å²) in [6.07, 6.45) is 8.32. The van der Waals surface area contributed by atoms with Gasteiger partial charge in [0.25, 0.3) is 0 Å². The first kappa shape index (κ1) is 22.6. The molecule has 1 fully saturated rings. The van der Waals surface area contributed by atoms with E-state index in [1.165, 1.54) is 6.08 Å². The Hall–Kier alpha value is -4.21. The maximum absolute atomic E-state index is 11.9. The van der Waals surface area contributed by atoms with Crippen LogP contribution < -0.4 is 16.0 Å². The molecule has 1 atom stereocenters. The van der Waals surface area contributed by atoms with Crippen molar-refractivity contribution in [1.29, 1.82) is 0 Å². The summed E-state index contributed by atoms with van der Waals surface area (Å²) in [6.45, 7) is 4.10. The van der Waals surface area contributed by atoms with Gasteiger partial charge in [0.15, 0.2) is 0 Å². The first-order valence-electron chi connectivity index (χ1n) is 11.4. The van der Waals surface area contributed by atoms with E-state index in [4.69, 9.17) is 9.72 Å². The van der Waals surface area contributed by atoms with E-state index in [1.54, 1.807) is 37.7 Å². The quantitative estimate of drug-likeness (QED) is 0.365. The van der Waals surface area contributed by atoms with Gasteiger partial charge in [-0.1, -0.05) is 24.3 Å². The average Bonchev–Trinajstić information content (AvgIpc) is 2.89. The van der Waals surface area contributed by atoms with E-state index >= 15 is 0 Å². The van der Waals surface area contributed by atoms with Crippen molar-refractivity contribution in [2.24, 2.45) is 0 Å². The van der Waals surface area contributed by atoms with Gasteiger partial charge in [0, 0.05) is 42.1 Å². The highest BCUT2D eigenvalue weighted by Gasteiger charge is 2.17. The van der Waals surface area contributed by atoms with Crippen molar-refractivity contribution in [1.82, 2.24) is 25.3 Å². The highest BCUT2D eigenvalue weighted by Crippen LogP contribution is 2.28. The number of allylic oxidation sites excluding steroid dienone is 1. The van der Waals surface area contributed by atoms with E-state index in [1.807, 2.05) is 36.4 Å². The summed E-state index contributed by atoms with van der Waals surface area (Å²) >= 11 is 0. The molecule has 1 aromatic carbocycles. The summed E-state index contributed by atoms with van der Waals surface area (Å²) in [5.41, 5.74) is 4.61. The van der Waals surface area contributed by atoms with Crippen molar-refractivity contribution in [3.63, 3.8) is 0 Å². The number of carbonyl (C=O) groups excluding carboxylic acids is 1. The van der Waals surface area contributed by atoms with E-state index in [0.29, 0.717) is 23.9 Å². The number of rotatable bonds is 6. The van der Waals surface area contributed by atoms with Gasteiger partial charge in [0.1, 0.15) is 6.10 Å². The summed E-state index contributed by atoms with van der Waals surface area (Å²) < 4.78 is 5.76. The third-order valence-corrected chi connectivity index (χ3v) is 5.53. The predicted octanol–water partition coefficient (Wildman–Crippen LogP) is 4.01. The minimum atomic E-state index is -0.192. The van der Waals surface area contributed by atoms with Crippen LogP contribution in [0.15, 0.2) is 73.2 Å². The topological polar surface area (TPSA) is 114 Å². The van der Waals surface area contributed by atoms with Gasteiger partial charge in [0.05, 0.1) is 35.4 Å². The summed E-state index contributed by atoms with van der Waals surface area (Å²) in [7, 11) is 0. The summed E-state index contributed by atoms with van der Waals surface area (Å²) in [4.78, 5) is 30.2. The van der Waals surface area contributed by atoms with Gasteiger partial charge < -0.3 is 20.7 Å². The molecule has 1 amide bonds. The third-order valence-electron chi connectivity index (χ3n) is 5.53. The fourth-order valence-electron chi connectivity index (χ4n) is 3.87. The van der Waals surface area contributed by atoms with Gasteiger partial charge >= 0.3 is 0 Å². The normalized spacial score (nSPS) is 15.9. The Morgan fingerprint density at radius 3 is 2.86 bits per heavy atom. The molecule has 4 heterocycles. The molecule has 176 valence electrons. The molecule has 3 N–H and O–H groups in total. The molecule has 0 aliphatic carbocycles. The van der Waals surface area contributed by atoms with Crippen LogP contribution in [-0.4, -0.2) is 45.5 Å². The van der Waals surface area contributed by atoms with Crippen molar-refractivity contribution >= 4 is 34.1 Å². The third kappa shape index (κ3) is 5.32. The smallest absolute Gasteiger partial charge is 0.248 e. The van der Waals surface area contributed by atoms with Gasteiger partial charge in [-0.3, -0.25) is 14.8 Å². The lowest BCUT2D eigenvalue weighted by Crippen LogP contribution is -2.33. The standard InChI is InChI=1S/C26H25N7O2/c1-2-4-24(34)31-18-9-10-28-22(13-18)20-6-3-5-17-14-30-26(33-25(17)20)32-19-7-8-21(29-15-19)23-16-27-11-12-35-23/h2-10,13-15,23,27H,11-12,16H2,1H3,(H,28,31,34)(H,30,32,33)/b4-2+. The number of benzene rings is 1. The summed E-state index contributed by atoms with van der Waals surface area (Å²) in [5, 5.41) is 10.3. The van der Waals surface area contributed by atoms with Crippen LogP contribution in [-0.2, 0) is 9.53 Å². The fraction of sp³-hybridized carbons (Fsp3) is 0.192. The lowest BCUT2D eigenvalue weighted by molar-refractivity contribution is -0.111. The number of pyridine rings is 2. The van der Waals surface area contributed by atoms with Gasteiger partial charge in [-0.2, -0.15) is 0 Å². The molecule has 1 aliphatic rings. The Kier molecular flexibility index (Phi) is 6.69. The number of para-hydroxylation sites is 1. The number of carbonyl (C=O) groups is 1. The van der Waals surface area contributed by atoms with E-state index < -0.39 is 0 Å². The van der Waals surface area contributed by atoms with Crippen LogP contribution in [0.1, 0.15) is 18.7 Å². The van der Waals surface area contributed by atoms with Crippen LogP contribution in [0.4, 0.5) is 17.3 Å². The minimum absolute atomic E-state index is 0.0386. The van der Waals surface area contributed by atoms with Gasteiger partial charge in [-0.05, 0) is 37.3 Å². The average molecular weight is 468 g/mol. The molecule has 0 radical (unpaired) electrons. The highest BCUT2D eigenvalue weighted by molar-refractivity contribution is 6.00. The maximum Gasteiger partial charge on any atom is 0.248 e. The number of amides is 1. The second-order valence-electron chi connectivity index (χ2n) is 8.02. The number of morpholine rings is 1. The van der Waals surface area contributed by atoms with Crippen LogP contribution in [0.3, 0.4) is 0 Å². The second kappa shape index (κ2) is 10.4. The molecular formula is C26H25N7O2. The SMILES string of the molecule is C/C=C/C(=O)Nc1ccnc(-c2cccc3cnc(Nc4ccc(C5CNCCO5)nc4)nc23)c1. The van der Waals surface area contributed by atoms with E-state index in [0.717, 1.165) is 40.9 Å². The number of fused-ring (bicyclic) bond motifs is 1. The second-order valence-corrected chi connectivity index (χ2v) is 8.02. The minimum Gasteiger partial charge on any atom is -0.369 e. The number of anilines is 3. The zero-order chi connectivity index (χ0) is 24.0. The Morgan fingerprint density at radius 1 is 1.11 bits per heavy atom. The fourth-order valence-corrected chi connectivity index (χ4v) is 3.87. The molecule has 1 saturated heterocycles. The van der Waals surface area contributed by atoms with Crippen LogP contribution in [0.25, 0.3) is 22.2 Å². The van der Waals surface area contributed by atoms with E-state index in [-0.39, 0.29) is 12.0 Å². The Labute approximate surface area is 202 Å². The monoisotopic (exact) mass is 467 g/mol. The largest absolute Gasteiger partial charge is 0.369 e. The molecule has 9 nitrogen and oxygen atoms in total. The number of hydrogen-bond donors (Lipinski definition) is 3. The van der Waals surface area contributed by atoms with E-state index in [9.17, 15) is 4.79 Å². The molecule has 5 rings (SSSR count). The highest BCUT2D eigenvalue weighted by atomic mass is 16.5. The number of ether oxygens (including phenoxy) is 1. The Balaban J connectivity index is 1.40. The molecule has 4 aromatic rings. The summed E-state index contributed by atoms with van der Waals surface area (Å²) in [5.74, 6) is 0.259. The molecular weight excluding hydrogens is 442 g/mol. The van der Waals surface area contributed by atoms with Crippen LogP contribution >= 0.6 is 0 Å². The molecule has 3 aromatic heterocycles. The van der Waals surface area contributed by atoms with Crippen molar-refractivity contribution in [3.8, 4) is 11.3 Å². The summed E-state index contributed by atoms with van der Waals surface area (Å²) in [6, 6.07) is 13.3. The Morgan fingerprint density at radius 2 is 2.06 bits per heavy atom. The van der Waals surface area contributed by atoms with Crippen molar-refractivity contribution < 1.29 is 9.53 Å². The van der Waals surface area contributed by atoms with Gasteiger partial charge in [-0.15, -0.1) is 0 Å². The predicted molar refractivity (Wildman–Crippen MR) is 135 cm³/mol. The molecule has 35 heavy (non-hydrogen) atoms. The molecule has 0 spiro atoms. The molecule has 1 unspecified atom stereocenters. The number of aromatic nitrogens is 4. The molecule has 0 bridgehead atoms. The number of hydrogen-bond acceptors (Lipinski definition) is 8.